The van der Waals surface area contributed by atoms with Crippen LogP contribution < -0.4 is 5.32 Å². The fourth-order valence-corrected chi connectivity index (χ4v) is 2.00. The van der Waals surface area contributed by atoms with Crippen LogP contribution in [0.2, 0.25) is 0 Å². The molecule has 0 saturated heterocycles. The Morgan fingerprint density at radius 2 is 2.42 bits per heavy atom. The van der Waals surface area contributed by atoms with Gasteiger partial charge in [0.05, 0.1) is 0 Å². The van der Waals surface area contributed by atoms with E-state index in [1.165, 1.54) is 17.8 Å². The van der Waals surface area contributed by atoms with Gasteiger partial charge >= 0.3 is 0 Å². The summed E-state index contributed by atoms with van der Waals surface area (Å²) >= 11 is 6.42. The molecule has 12 heavy (non-hydrogen) atoms. The zero-order valence-electron chi connectivity index (χ0n) is 7.05. The summed E-state index contributed by atoms with van der Waals surface area (Å²) in [6.07, 6.45) is 1.22. The molecule has 1 fully saturated rings. The molecule has 1 unspecified atom stereocenters. The van der Waals surface area contributed by atoms with Crippen LogP contribution in [-0.2, 0) is 0 Å². The summed E-state index contributed by atoms with van der Waals surface area (Å²) in [5.74, 6) is 0. The van der Waals surface area contributed by atoms with Gasteiger partial charge in [0.1, 0.15) is 0 Å². The van der Waals surface area contributed by atoms with Gasteiger partial charge in [-0.05, 0) is 24.1 Å². The molecule has 3 nitrogen and oxygen atoms in total. The van der Waals surface area contributed by atoms with Gasteiger partial charge in [-0.3, -0.25) is 5.10 Å². The van der Waals surface area contributed by atoms with Gasteiger partial charge in [-0.25, -0.2) is 0 Å². The highest BCUT2D eigenvalue weighted by molar-refractivity contribution is 7.73. The van der Waals surface area contributed by atoms with Gasteiger partial charge in [0, 0.05) is 6.04 Å². The first-order valence-corrected chi connectivity index (χ1v) is 5.12. The summed E-state index contributed by atoms with van der Waals surface area (Å²) in [4.78, 5) is 0. The lowest BCUT2D eigenvalue weighted by molar-refractivity contribution is 0.630. The number of anilines is 1. The second-order valence-electron chi connectivity index (χ2n) is 3.81. The van der Waals surface area contributed by atoms with Gasteiger partial charge in [0.15, 0.2) is 3.95 Å². The summed E-state index contributed by atoms with van der Waals surface area (Å²) in [7, 11) is 0. The number of aromatic amines is 1. The second kappa shape index (κ2) is 2.53. The van der Waals surface area contributed by atoms with E-state index in [1.54, 1.807) is 0 Å². The van der Waals surface area contributed by atoms with Gasteiger partial charge in [-0.2, -0.15) is 0 Å². The van der Waals surface area contributed by atoms with Gasteiger partial charge < -0.3 is 5.32 Å². The average molecular weight is 201 g/mol. The molecule has 1 aliphatic rings. The summed E-state index contributed by atoms with van der Waals surface area (Å²) in [6.45, 7) is 4.49. The van der Waals surface area contributed by atoms with Crippen molar-refractivity contribution in [2.45, 2.75) is 26.3 Å². The van der Waals surface area contributed by atoms with E-state index in [-0.39, 0.29) is 0 Å². The monoisotopic (exact) mass is 201 g/mol. The molecule has 1 aliphatic carbocycles. The lowest BCUT2D eigenvalue weighted by atomic mass is 10.2. The van der Waals surface area contributed by atoms with Crippen molar-refractivity contribution in [2.75, 3.05) is 5.32 Å². The molecular weight excluding hydrogens is 190 g/mol. The Labute approximate surface area is 80.2 Å². The van der Waals surface area contributed by atoms with Crippen molar-refractivity contribution in [1.82, 2.24) is 10.2 Å². The third-order valence-electron chi connectivity index (χ3n) is 2.25. The van der Waals surface area contributed by atoms with E-state index in [2.05, 4.69) is 29.4 Å². The van der Waals surface area contributed by atoms with Crippen LogP contribution in [0.3, 0.4) is 0 Å². The second-order valence-corrected chi connectivity index (χ2v) is 5.47. The summed E-state index contributed by atoms with van der Waals surface area (Å²) in [6, 6.07) is 0.575. The van der Waals surface area contributed by atoms with E-state index in [0.29, 0.717) is 11.5 Å². The summed E-state index contributed by atoms with van der Waals surface area (Å²) in [5.41, 5.74) is 0.438. The number of rotatable bonds is 2. The standard InChI is InChI=1S/C7H11N3S2/c1-7(2)3-4(7)8-5-9-10-6(11)12-5/h4H,3H2,1-2H3,(H,8,9)(H,10,11). The Morgan fingerprint density at radius 3 is 2.83 bits per heavy atom. The molecule has 0 bridgehead atoms. The lowest BCUT2D eigenvalue weighted by Gasteiger charge is -2.02. The van der Waals surface area contributed by atoms with E-state index in [9.17, 15) is 0 Å². The highest BCUT2D eigenvalue weighted by Crippen LogP contribution is 2.46. The van der Waals surface area contributed by atoms with E-state index in [1.807, 2.05) is 0 Å². The average Bonchev–Trinajstić information content (AvgIpc) is 2.41. The number of hydrogen-bond acceptors (Lipinski definition) is 4. The number of nitrogens with zero attached hydrogens (tertiary/aromatic N) is 1. The van der Waals surface area contributed by atoms with Crippen LogP contribution in [-0.4, -0.2) is 16.2 Å². The predicted octanol–water partition coefficient (Wildman–Crippen LogP) is 2.41. The summed E-state index contributed by atoms with van der Waals surface area (Å²) < 4.78 is 0.732. The van der Waals surface area contributed by atoms with Crippen LogP contribution in [0.25, 0.3) is 0 Å². The largest absolute Gasteiger partial charge is 0.357 e. The van der Waals surface area contributed by atoms with E-state index in [4.69, 9.17) is 12.2 Å². The van der Waals surface area contributed by atoms with Gasteiger partial charge in [0.2, 0.25) is 5.13 Å². The van der Waals surface area contributed by atoms with Crippen molar-refractivity contribution in [2.24, 2.45) is 5.41 Å². The number of aromatic nitrogens is 2. The van der Waals surface area contributed by atoms with Crippen molar-refractivity contribution >= 4 is 28.7 Å². The van der Waals surface area contributed by atoms with Crippen molar-refractivity contribution in [1.29, 1.82) is 0 Å². The number of H-pyrrole nitrogens is 1. The Balaban J connectivity index is 2.02. The maximum Gasteiger partial charge on any atom is 0.204 e. The fraction of sp³-hybridized carbons (Fsp3) is 0.714. The molecule has 1 aromatic rings. The van der Waals surface area contributed by atoms with Crippen LogP contribution in [0.4, 0.5) is 5.13 Å². The molecule has 1 aromatic heterocycles. The normalized spacial score (nSPS) is 25.3. The fourth-order valence-electron chi connectivity index (χ4n) is 1.15. The van der Waals surface area contributed by atoms with Gasteiger partial charge in [0.25, 0.3) is 0 Å². The van der Waals surface area contributed by atoms with Gasteiger partial charge in [-0.15, -0.1) is 5.10 Å². The molecule has 1 saturated carbocycles. The molecule has 1 heterocycles. The zero-order valence-corrected chi connectivity index (χ0v) is 8.68. The lowest BCUT2D eigenvalue weighted by Crippen LogP contribution is -2.07. The predicted molar refractivity (Wildman–Crippen MR) is 53.1 cm³/mol. The first kappa shape index (κ1) is 8.19. The smallest absolute Gasteiger partial charge is 0.204 e. The minimum atomic E-state index is 0.438. The highest BCUT2D eigenvalue weighted by Gasteiger charge is 2.46. The SMILES string of the molecule is CC1(C)CC1Nc1n[nH]c(=S)s1. The molecule has 2 N–H and O–H groups in total. The van der Waals surface area contributed by atoms with Gasteiger partial charge in [-0.1, -0.05) is 25.2 Å². The molecule has 0 aromatic carbocycles. The van der Waals surface area contributed by atoms with E-state index >= 15 is 0 Å². The van der Waals surface area contributed by atoms with Crippen LogP contribution in [0.15, 0.2) is 0 Å². The summed E-state index contributed by atoms with van der Waals surface area (Å²) in [5, 5.41) is 11.0. The topological polar surface area (TPSA) is 40.7 Å². The zero-order chi connectivity index (χ0) is 8.77. The van der Waals surface area contributed by atoms with Crippen molar-refractivity contribution < 1.29 is 0 Å². The Morgan fingerprint density at radius 1 is 1.75 bits per heavy atom. The third kappa shape index (κ3) is 1.51. The molecular formula is C7H11N3S2. The number of hydrogen-bond donors (Lipinski definition) is 2. The minimum Gasteiger partial charge on any atom is -0.357 e. The number of nitrogens with one attached hydrogen (secondary N) is 2. The highest BCUT2D eigenvalue weighted by atomic mass is 32.1. The molecule has 66 valence electrons. The first-order chi connectivity index (χ1) is 5.58. The Hall–Kier alpha value is -0.420. The van der Waals surface area contributed by atoms with E-state index in [0.717, 1.165) is 9.09 Å². The maximum absolute atomic E-state index is 4.92. The first-order valence-electron chi connectivity index (χ1n) is 3.90. The van der Waals surface area contributed by atoms with Crippen LogP contribution in [0.5, 0.6) is 0 Å². The molecule has 1 atom stereocenters. The van der Waals surface area contributed by atoms with Crippen molar-refractivity contribution in [3.63, 3.8) is 0 Å². The van der Waals surface area contributed by atoms with Crippen molar-refractivity contribution in [3.05, 3.63) is 3.95 Å². The molecule has 2 rings (SSSR count). The van der Waals surface area contributed by atoms with E-state index < -0.39 is 0 Å². The Kier molecular flexibility index (Phi) is 1.73. The van der Waals surface area contributed by atoms with Crippen LogP contribution >= 0.6 is 23.6 Å². The van der Waals surface area contributed by atoms with Crippen LogP contribution in [0, 0.1) is 9.37 Å². The Bertz CT molecular complexity index is 338. The molecule has 0 spiro atoms. The minimum absolute atomic E-state index is 0.438. The molecule has 0 aliphatic heterocycles. The quantitative estimate of drug-likeness (QED) is 0.722. The van der Waals surface area contributed by atoms with Crippen LogP contribution in [0.1, 0.15) is 20.3 Å². The third-order valence-corrected chi connectivity index (χ3v) is 3.27. The molecule has 5 heteroatoms. The molecule has 0 radical (unpaired) electrons. The molecule has 0 amide bonds. The maximum atomic E-state index is 4.92. The van der Waals surface area contributed by atoms with Crippen molar-refractivity contribution in [3.8, 4) is 0 Å².